The van der Waals surface area contributed by atoms with Gasteiger partial charge in [0.15, 0.2) is 0 Å². The highest BCUT2D eigenvalue weighted by Gasteiger charge is 2.23. The van der Waals surface area contributed by atoms with Crippen LogP contribution in [0.25, 0.3) is 0 Å². The highest BCUT2D eigenvalue weighted by molar-refractivity contribution is 7.92. The van der Waals surface area contributed by atoms with Crippen LogP contribution in [0.2, 0.25) is 0 Å². The maximum Gasteiger partial charge on any atom is 0.259 e. The molecule has 0 radical (unpaired) electrons. The maximum absolute atomic E-state index is 12.4. The normalized spacial score (nSPS) is 15.4. The summed E-state index contributed by atoms with van der Waals surface area (Å²) in [6, 6.07) is 5.56. The second-order valence-corrected chi connectivity index (χ2v) is 8.77. The third-order valence-electron chi connectivity index (χ3n) is 4.53. The Morgan fingerprint density at radius 3 is 2.42 bits per heavy atom. The number of nitrogens with zero attached hydrogens (tertiary/aromatic N) is 1. The number of amides is 1. The number of rotatable bonds is 6. The van der Waals surface area contributed by atoms with E-state index in [0.717, 1.165) is 48.8 Å². The van der Waals surface area contributed by atoms with E-state index in [4.69, 9.17) is 0 Å². The molecular weight excluding hydrogens is 350 g/mol. The van der Waals surface area contributed by atoms with E-state index in [1.54, 1.807) is 0 Å². The summed E-state index contributed by atoms with van der Waals surface area (Å²) in [5.74, 6) is -0.388. The van der Waals surface area contributed by atoms with Crippen LogP contribution in [0.15, 0.2) is 30.0 Å². The zero-order valence-electron chi connectivity index (χ0n) is 15.8. The molecule has 1 aromatic carbocycles. The number of carbonyl (C=O) groups is 1. The Labute approximate surface area is 156 Å². The molecule has 0 saturated carbocycles. The van der Waals surface area contributed by atoms with Gasteiger partial charge in [-0.25, -0.2) is 8.42 Å². The minimum Gasteiger partial charge on any atom is -0.303 e. The van der Waals surface area contributed by atoms with Gasteiger partial charge in [0.1, 0.15) is 6.54 Å². The predicted molar refractivity (Wildman–Crippen MR) is 105 cm³/mol. The average Bonchev–Trinajstić information content (AvgIpc) is 2.51. The fourth-order valence-corrected chi connectivity index (χ4v) is 4.16. The molecule has 2 N–H and O–H groups in total. The highest BCUT2D eigenvalue weighted by atomic mass is 32.2. The standard InChI is InChI=1S/C19H29N3O3S/c1-15-10-9-11-16(2)19(15)22(26(3,24)25)14-18(23)21-20-17-12-7-5-4-6-8-13-17/h9-12,20H,4-8,13-14H2,1-3H3,(H,21,23). The molecule has 0 bridgehead atoms. The second kappa shape index (κ2) is 9.07. The molecule has 7 heteroatoms. The number of para-hydroxylation sites is 1. The van der Waals surface area contributed by atoms with Gasteiger partial charge in [-0.3, -0.25) is 14.5 Å². The van der Waals surface area contributed by atoms with Crippen molar-refractivity contribution in [3.63, 3.8) is 0 Å². The minimum atomic E-state index is -3.58. The molecule has 26 heavy (non-hydrogen) atoms. The lowest BCUT2D eigenvalue weighted by molar-refractivity contribution is -0.120. The molecule has 0 fully saturated rings. The predicted octanol–water partition coefficient (Wildman–Crippen LogP) is 2.93. The van der Waals surface area contributed by atoms with Crippen LogP contribution in [-0.2, 0) is 14.8 Å². The Bertz CT molecular complexity index is 752. The number of allylic oxidation sites excluding steroid dienone is 2. The van der Waals surface area contributed by atoms with Gasteiger partial charge in [-0.05, 0) is 50.7 Å². The van der Waals surface area contributed by atoms with E-state index in [9.17, 15) is 13.2 Å². The van der Waals surface area contributed by atoms with Crippen LogP contribution in [0, 0.1) is 13.8 Å². The van der Waals surface area contributed by atoms with E-state index in [1.807, 2.05) is 32.0 Å². The van der Waals surface area contributed by atoms with Crippen molar-refractivity contribution in [2.75, 3.05) is 17.1 Å². The van der Waals surface area contributed by atoms with Crippen LogP contribution in [0.5, 0.6) is 0 Å². The molecular formula is C19H29N3O3S. The number of hydrazine groups is 1. The topological polar surface area (TPSA) is 78.5 Å². The van der Waals surface area contributed by atoms with Crippen LogP contribution < -0.4 is 15.2 Å². The number of nitrogens with one attached hydrogen (secondary N) is 2. The molecule has 1 aromatic rings. The fourth-order valence-electron chi connectivity index (χ4n) is 3.19. The van der Waals surface area contributed by atoms with Crippen molar-refractivity contribution in [1.82, 2.24) is 10.9 Å². The Balaban J connectivity index is 2.08. The van der Waals surface area contributed by atoms with Crippen molar-refractivity contribution in [3.8, 4) is 0 Å². The molecule has 1 amide bonds. The van der Waals surface area contributed by atoms with Crippen molar-refractivity contribution >= 4 is 21.6 Å². The van der Waals surface area contributed by atoms with Crippen molar-refractivity contribution < 1.29 is 13.2 Å². The Morgan fingerprint density at radius 1 is 1.12 bits per heavy atom. The van der Waals surface area contributed by atoms with Crippen LogP contribution >= 0.6 is 0 Å². The summed E-state index contributed by atoms with van der Waals surface area (Å²) in [7, 11) is -3.58. The van der Waals surface area contributed by atoms with Gasteiger partial charge in [-0.1, -0.05) is 37.1 Å². The number of hydrogen-bond donors (Lipinski definition) is 2. The number of hydrogen-bond acceptors (Lipinski definition) is 4. The Kier molecular flexibility index (Phi) is 7.08. The quantitative estimate of drug-likeness (QED) is 0.745. The molecule has 1 aliphatic rings. The number of anilines is 1. The van der Waals surface area contributed by atoms with Gasteiger partial charge in [0.2, 0.25) is 10.0 Å². The molecule has 0 atom stereocenters. The summed E-state index contributed by atoms with van der Waals surface area (Å²) in [5.41, 5.74) is 8.81. The van der Waals surface area contributed by atoms with E-state index in [-0.39, 0.29) is 12.5 Å². The first-order valence-corrected chi connectivity index (χ1v) is 10.9. The lowest BCUT2D eigenvalue weighted by atomic mass is 10.0. The molecule has 0 unspecified atom stereocenters. The fraction of sp³-hybridized carbons (Fsp3) is 0.526. The summed E-state index contributed by atoms with van der Waals surface area (Å²) >= 11 is 0. The van der Waals surface area contributed by atoms with E-state index in [2.05, 4.69) is 16.9 Å². The third-order valence-corrected chi connectivity index (χ3v) is 5.64. The molecule has 0 spiro atoms. The van der Waals surface area contributed by atoms with Gasteiger partial charge >= 0.3 is 0 Å². The van der Waals surface area contributed by atoms with Crippen LogP contribution in [0.3, 0.4) is 0 Å². The van der Waals surface area contributed by atoms with Gasteiger partial charge in [0.25, 0.3) is 5.91 Å². The third kappa shape index (κ3) is 5.76. The summed E-state index contributed by atoms with van der Waals surface area (Å²) in [4.78, 5) is 12.4. The van der Waals surface area contributed by atoms with Gasteiger partial charge in [0.05, 0.1) is 11.9 Å². The van der Waals surface area contributed by atoms with Crippen LogP contribution in [0.4, 0.5) is 5.69 Å². The molecule has 0 saturated heterocycles. The largest absolute Gasteiger partial charge is 0.303 e. The minimum absolute atomic E-state index is 0.259. The SMILES string of the molecule is Cc1cccc(C)c1N(CC(=O)NNC1=CCCCCCC1)S(C)(=O)=O. The monoisotopic (exact) mass is 379 g/mol. The van der Waals surface area contributed by atoms with Crippen molar-refractivity contribution in [1.29, 1.82) is 0 Å². The second-order valence-electron chi connectivity index (χ2n) is 6.87. The highest BCUT2D eigenvalue weighted by Crippen LogP contribution is 2.26. The molecule has 0 aliphatic heterocycles. The Hall–Kier alpha value is -2.02. The summed E-state index contributed by atoms with van der Waals surface area (Å²) in [6.07, 6.45) is 9.82. The molecule has 1 aliphatic carbocycles. The van der Waals surface area contributed by atoms with Crippen molar-refractivity contribution in [3.05, 3.63) is 41.1 Å². The Morgan fingerprint density at radius 2 is 1.77 bits per heavy atom. The maximum atomic E-state index is 12.4. The number of aryl methyl sites for hydroxylation is 2. The number of carbonyl (C=O) groups excluding carboxylic acids is 1. The van der Waals surface area contributed by atoms with Crippen LogP contribution in [-0.4, -0.2) is 27.1 Å². The lowest BCUT2D eigenvalue weighted by Crippen LogP contribution is -2.45. The van der Waals surface area contributed by atoms with Gasteiger partial charge in [-0.2, -0.15) is 0 Å². The first-order valence-electron chi connectivity index (χ1n) is 9.07. The van der Waals surface area contributed by atoms with E-state index >= 15 is 0 Å². The van der Waals surface area contributed by atoms with Gasteiger partial charge in [0, 0.05) is 5.70 Å². The lowest BCUT2D eigenvalue weighted by Gasteiger charge is -2.25. The summed E-state index contributed by atoms with van der Waals surface area (Å²) < 4.78 is 25.7. The molecule has 2 rings (SSSR count). The molecule has 144 valence electrons. The van der Waals surface area contributed by atoms with Crippen molar-refractivity contribution in [2.24, 2.45) is 0 Å². The summed E-state index contributed by atoms with van der Waals surface area (Å²) in [6.45, 7) is 3.43. The molecule has 0 aromatic heterocycles. The van der Waals surface area contributed by atoms with Crippen LogP contribution in [0.1, 0.15) is 49.7 Å². The number of benzene rings is 1. The summed E-state index contributed by atoms with van der Waals surface area (Å²) in [5, 5.41) is 0. The molecule has 0 heterocycles. The number of sulfonamides is 1. The van der Waals surface area contributed by atoms with E-state index in [1.165, 1.54) is 17.1 Å². The smallest absolute Gasteiger partial charge is 0.259 e. The first-order chi connectivity index (χ1) is 12.3. The first kappa shape index (κ1) is 20.3. The zero-order chi connectivity index (χ0) is 19.2. The van der Waals surface area contributed by atoms with Crippen molar-refractivity contribution in [2.45, 2.75) is 52.4 Å². The molecule has 6 nitrogen and oxygen atoms in total. The van der Waals surface area contributed by atoms with E-state index in [0.29, 0.717) is 5.69 Å². The van der Waals surface area contributed by atoms with Gasteiger partial charge in [-0.15, -0.1) is 0 Å². The van der Waals surface area contributed by atoms with Gasteiger partial charge < -0.3 is 5.43 Å². The van der Waals surface area contributed by atoms with E-state index < -0.39 is 10.0 Å². The zero-order valence-corrected chi connectivity index (χ0v) is 16.7. The average molecular weight is 380 g/mol.